The third-order valence-electron chi connectivity index (χ3n) is 2.77. The zero-order valence-electron chi connectivity index (χ0n) is 9.53. The number of aliphatic carboxylic acids is 1. The average molecular weight is 269 g/mol. The minimum atomic E-state index is -3.90. The van der Waals surface area contributed by atoms with Crippen LogP contribution in [0.25, 0.3) is 0 Å². The smallest absolute Gasteiger partial charge is 0.308 e. The molecule has 1 aliphatic rings. The van der Waals surface area contributed by atoms with E-state index in [1.807, 2.05) is 0 Å². The number of benzene rings is 1. The van der Waals surface area contributed by atoms with E-state index in [2.05, 4.69) is 0 Å². The monoisotopic (exact) mass is 269 g/mol. The van der Waals surface area contributed by atoms with Gasteiger partial charge in [-0.25, -0.2) is 12.7 Å². The van der Waals surface area contributed by atoms with Crippen molar-refractivity contribution in [3.63, 3.8) is 0 Å². The molecule has 1 atom stereocenters. The fraction of sp³-hybridized carbons (Fsp3) is 0.273. The largest absolute Gasteiger partial charge is 0.481 e. The molecule has 0 bridgehead atoms. The van der Waals surface area contributed by atoms with Crippen molar-refractivity contribution in [1.82, 2.24) is 4.31 Å². The first-order chi connectivity index (χ1) is 8.35. The van der Waals surface area contributed by atoms with Gasteiger partial charge >= 0.3 is 5.97 Å². The van der Waals surface area contributed by atoms with Crippen LogP contribution in [0.2, 0.25) is 0 Å². The van der Waals surface area contributed by atoms with E-state index in [1.165, 1.54) is 25.1 Å². The summed E-state index contributed by atoms with van der Waals surface area (Å²) < 4.78 is 24.8. The second kappa shape index (κ2) is 4.09. The molecule has 1 unspecified atom stereocenters. The number of hydrogen-bond donors (Lipinski definition) is 1. The second-order valence-corrected chi connectivity index (χ2v) is 5.91. The quantitative estimate of drug-likeness (QED) is 0.865. The zero-order valence-corrected chi connectivity index (χ0v) is 10.3. The van der Waals surface area contributed by atoms with Crippen molar-refractivity contribution in [1.29, 1.82) is 0 Å². The molecule has 1 aromatic rings. The van der Waals surface area contributed by atoms with E-state index < -0.39 is 27.8 Å². The first kappa shape index (κ1) is 12.6. The van der Waals surface area contributed by atoms with Crippen LogP contribution < -0.4 is 0 Å². The van der Waals surface area contributed by atoms with Crippen LogP contribution in [0.5, 0.6) is 0 Å². The standard InChI is InChI=1S/C11H11NO5S/c1-7(11(14)15)6-12-10(13)8-4-2-3-5-9(8)18(12,16)17/h2-5,7H,6H2,1H3,(H,14,15). The molecular weight excluding hydrogens is 258 g/mol. The average Bonchev–Trinajstić information content (AvgIpc) is 2.51. The van der Waals surface area contributed by atoms with Gasteiger partial charge in [-0.2, -0.15) is 0 Å². The molecule has 0 aliphatic carbocycles. The van der Waals surface area contributed by atoms with Crippen LogP contribution in [0.15, 0.2) is 29.2 Å². The summed E-state index contributed by atoms with van der Waals surface area (Å²) >= 11 is 0. The number of carboxylic acid groups (broad SMARTS) is 1. The van der Waals surface area contributed by atoms with Gasteiger partial charge in [-0.15, -0.1) is 0 Å². The van der Waals surface area contributed by atoms with Crippen molar-refractivity contribution in [2.45, 2.75) is 11.8 Å². The Bertz CT molecular complexity index is 622. The first-order valence-electron chi connectivity index (χ1n) is 5.24. The van der Waals surface area contributed by atoms with Crippen molar-refractivity contribution in [3.05, 3.63) is 29.8 Å². The summed E-state index contributed by atoms with van der Waals surface area (Å²) in [5.74, 6) is -2.76. The molecule has 1 N–H and O–H groups in total. The van der Waals surface area contributed by atoms with Crippen LogP contribution in [-0.4, -0.2) is 36.3 Å². The maximum atomic E-state index is 12.1. The Kier molecular flexibility index (Phi) is 2.86. The van der Waals surface area contributed by atoms with Crippen molar-refractivity contribution in [3.8, 4) is 0 Å². The fourth-order valence-corrected chi connectivity index (χ4v) is 3.40. The number of carbonyl (C=O) groups is 2. The number of sulfonamides is 1. The maximum Gasteiger partial charge on any atom is 0.308 e. The lowest BCUT2D eigenvalue weighted by Crippen LogP contribution is -2.36. The highest BCUT2D eigenvalue weighted by Crippen LogP contribution is 2.30. The van der Waals surface area contributed by atoms with Crippen LogP contribution in [0.3, 0.4) is 0 Å². The molecule has 0 saturated carbocycles. The summed E-state index contributed by atoms with van der Waals surface area (Å²) in [5, 5.41) is 8.78. The Hall–Kier alpha value is -1.89. The van der Waals surface area contributed by atoms with E-state index in [4.69, 9.17) is 5.11 Å². The van der Waals surface area contributed by atoms with Gasteiger partial charge in [-0.1, -0.05) is 19.1 Å². The summed E-state index contributed by atoms with van der Waals surface area (Å²) in [5.41, 5.74) is 0.0927. The number of fused-ring (bicyclic) bond motifs is 1. The Balaban J connectivity index is 2.43. The predicted octanol–water partition coefficient (Wildman–Crippen LogP) is 0.552. The third-order valence-corrected chi connectivity index (χ3v) is 4.58. The second-order valence-electron chi connectivity index (χ2n) is 4.08. The van der Waals surface area contributed by atoms with Crippen LogP contribution in [0, 0.1) is 5.92 Å². The van der Waals surface area contributed by atoms with Crippen molar-refractivity contribution < 1.29 is 23.1 Å². The van der Waals surface area contributed by atoms with Gasteiger partial charge in [-0.05, 0) is 12.1 Å². The van der Waals surface area contributed by atoms with E-state index >= 15 is 0 Å². The summed E-state index contributed by atoms with van der Waals surface area (Å²) in [6.07, 6.45) is 0. The molecule has 0 fully saturated rings. The lowest BCUT2D eigenvalue weighted by molar-refractivity contribution is -0.141. The minimum Gasteiger partial charge on any atom is -0.481 e. The normalized spacial score (nSPS) is 18.5. The molecule has 0 aromatic heterocycles. The number of carbonyl (C=O) groups excluding carboxylic acids is 1. The van der Waals surface area contributed by atoms with Crippen molar-refractivity contribution in [2.24, 2.45) is 5.92 Å². The molecule has 2 rings (SSSR count). The first-order valence-corrected chi connectivity index (χ1v) is 6.68. The Morgan fingerprint density at radius 2 is 2.00 bits per heavy atom. The number of carboxylic acids is 1. The summed E-state index contributed by atoms with van der Waals surface area (Å²) in [4.78, 5) is 22.6. The van der Waals surface area contributed by atoms with Gasteiger partial charge in [0.05, 0.1) is 18.0 Å². The summed E-state index contributed by atoms with van der Waals surface area (Å²) in [6.45, 7) is 0.999. The van der Waals surface area contributed by atoms with Crippen molar-refractivity contribution in [2.75, 3.05) is 6.54 Å². The molecule has 6 nitrogen and oxygen atoms in total. The highest BCUT2D eigenvalue weighted by Gasteiger charge is 2.41. The van der Waals surface area contributed by atoms with E-state index in [1.54, 1.807) is 6.07 Å². The van der Waals surface area contributed by atoms with Crippen LogP contribution in [0.1, 0.15) is 17.3 Å². The Labute approximate surface area is 104 Å². The maximum absolute atomic E-state index is 12.1. The van der Waals surface area contributed by atoms with Crippen LogP contribution >= 0.6 is 0 Å². The molecule has 96 valence electrons. The molecule has 1 aliphatic heterocycles. The number of hydrogen-bond acceptors (Lipinski definition) is 4. The van der Waals surface area contributed by atoms with Gasteiger partial charge in [-0.3, -0.25) is 9.59 Å². The van der Waals surface area contributed by atoms with Gasteiger partial charge in [0.15, 0.2) is 0 Å². The van der Waals surface area contributed by atoms with Gasteiger partial charge in [0.25, 0.3) is 15.9 Å². The molecule has 0 radical (unpaired) electrons. The number of rotatable bonds is 3. The molecule has 0 spiro atoms. The predicted molar refractivity (Wildman–Crippen MR) is 61.5 cm³/mol. The molecule has 7 heteroatoms. The van der Waals surface area contributed by atoms with Gasteiger partial charge in [0.1, 0.15) is 4.90 Å². The number of nitrogens with zero attached hydrogens (tertiary/aromatic N) is 1. The zero-order chi connectivity index (χ0) is 13.5. The SMILES string of the molecule is CC(CN1C(=O)c2ccccc2S1(=O)=O)C(=O)O. The minimum absolute atomic E-state index is 0.0624. The highest BCUT2D eigenvalue weighted by atomic mass is 32.2. The van der Waals surface area contributed by atoms with E-state index in [0.717, 1.165) is 0 Å². The third kappa shape index (κ3) is 1.76. The topological polar surface area (TPSA) is 91.8 Å². The summed E-state index contributed by atoms with van der Waals surface area (Å²) in [7, 11) is -3.90. The van der Waals surface area contributed by atoms with Crippen LogP contribution in [0.4, 0.5) is 0 Å². The molecular formula is C11H11NO5S. The number of amides is 1. The molecule has 1 heterocycles. The lowest BCUT2D eigenvalue weighted by Gasteiger charge is -2.17. The van der Waals surface area contributed by atoms with Gasteiger partial charge < -0.3 is 5.11 Å². The Morgan fingerprint density at radius 1 is 1.39 bits per heavy atom. The molecule has 1 aromatic carbocycles. The van der Waals surface area contributed by atoms with Crippen LogP contribution in [-0.2, 0) is 14.8 Å². The molecule has 0 saturated heterocycles. The van der Waals surface area contributed by atoms with Gasteiger partial charge in [0, 0.05) is 0 Å². The Morgan fingerprint density at radius 3 is 2.56 bits per heavy atom. The summed E-state index contributed by atoms with van der Waals surface area (Å²) in [6, 6.07) is 5.85. The van der Waals surface area contributed by atoms with Crippen molar-refractivity contribution >= 4 is 21.9 Å². The fourth-order valence-electron chi connectivity index (χ4n) is 1.74. The van der Waals surface area contributed by atoms with E-state index in [0.29, 0.717) is 4.31 Å². The highest BCUT2D eigenvalue weighted by molar-refractivity contribution is 7.90. The molecule has 1 amide bonds. The lowest BCUT2D eigenvalue weighted by atomic mass is 10.1. The molecule has 18 heavy (non-hydrogen) atoms. The van der Waals surface area contributed by atoms with E-state index in [-0.39, 0.29) is 17.0 Å². The van der Waals surface area contributed by atoms with E-state index in [9.17, 15) is 18.0 Å². The van der Waals surface area contributed by atoms with Gasteiger partial charge in [0.2, 0.25) is 0 Å².